The van der Waals surface area contributed by atoms with E-state index in [0.717, 1.165) is 38.5 Å². The van der Waals surface area contributed by atoms with Crippen LogP contribution in [0.15, 0.2) is 6.20 Å². The topological polar surface area (TPSA) is 59.5 Å². The third-order valence-corrected chi connectivity index (χ3v) is 5.42. The van der Waals surface area contributed by atoms with Gasteiger partial charge < -0.3 is 4.74 Å². The standard InChI is InChI=1S/C16H22N2O3S/c1-21-15(20)13-10-17-16(22-13)18(12-8-9-12)14(19)11-6-4-2-3-5-7-11/h10-12H,2-9H2,1H3. The molecule has 2 fully saturated rings. The Morgan fingerprint density at radius 1 is 1.18 bits per heavy atom. The van der Waals surface area contributed by atoms with E-state index >= 15 is 0 Å². The molecule has 22 heavy (non-hydrogen) atoms. The number of thiazole rings is 1. The minimum atomic E-state index is -0.388. The molecule has 120 valence electrons. The van der Waals surface area contributed by atoms with Crippen LogP contribution < -0.4 is 4.90 Å². The molecular formula is C16H22N2O3S. The molecule has 0 unspecified atom stereocenters. The second kappa shape index (κ2) is 6.77. The maximum atomic E-state index is 13.0. The fraction of sp³-hybridized carbons (Fsp3) is 0.688. The number of anilines is 1. The summed E-state index contributed by atoms with van der Waals surface area (Å²) >= 11 is 1.26. The van der Waals surface area contributed by atoms with E-state index in [9.17, 15) is 9.59 Å². The van der Waals surface area contributed by atoms with Crippen LogP contribution in [0.4, 0.5) is 5.13 Å². The molecule has 0 bridgehead atoms. The van der Waals surface area contributed by atoms with Crippen molar-refractivity contribution in [2.24, 2.45) is 5.92 Å². The molecule has 6 heteroatoms. The smallest absolute Gasteiger partial charge is 0.349 e. The Morgan fingerprint density at radius 2 is 1.86 bits per heavy atom. The van der Waals surface area contributed by atoms with Crippen molar-refractivity contribution in [1.82, 2.24) is 4.98 Å². The largest absolute Gasteiger partial charge is 0.465 e. The van der Waals surface area contributed by atoms with Gasteiger partial charge in [-0.2, -0.15) is 0 Å². The highest BCUT2D eigenvalue weighted by atomic mass is 32.1. The third kappa shape index (κ3) is 3.32. The van der Waals surface area contributed by atoms with E-state index in [2.05, 4.69) is 4.98 Å². The SMILES string of the molecule is COC(=O)c1cnc(N(C(=O)C2CCCCCC2)C2CC2)s1. The van der Waals surface area contributed by atoms with Crippen LogP contribution in [0.1, 0.15) is 61.0 Å². The second-order valence-electron chi connectivity index (χ2n) is 6.13. The lowest BCUT2D eigenvalue weighted by molar-refractivity contribution is -0.122. The Kier molecular flexibility index (Phi) is 4.76. The first-order valence-corrected chi connectivity index (χ1v) is 8.89. The van der Waals surface area contributed by atoms with Crippen LogP contribution in [0.2, 0.25) is 0 Å². The second-order valence-corrected chi connectivity index (χ2v) is 7.14. The lowest BCUT2D eigenvalue weighted by Crippen LogP contribution is -2.37. The number of hydrogen-bond acceptors (Lipinski definition) is 5. The van der Waals surface area contributed by atoms with Gasteiger partial charge in [0.15, 0.2) is 5.13 Å². The summed E-state index contributed by atoms with van der Waals surface area (Å²) in [7, 11) is 1.36. The van der Waals surface area contributed by atoms with Crippen LogP contribution in [0, 0.1) is 5.92 Å². The van der Waals surface area contributed by atoms with E-state index in [1.807, 2.05) is 4.90 Å². The van der Waals surface area contributed by atoms with Crippen LogP contribution in [0.3, 0.4) is 0 Å². The molecule has 5 nitrogen and oxygen atoms in total. The third-order valence-electron chi connectivity index (χ3n) is 4.44. The number of amides is 1. The number of rotatable bonds is 4. The highest BCUT2D eigenvalue weighted by molar-refractivity contribution is 7.17. The Labute approximate surface area is 134 Å². The lowest BCUT2D eigenvalue weighted by atomic mass is 9.99. The predicted octanol–water partition coefficient (Wildman–Crippen LogP) is 3.40. The fourth-order valence-electron chi connectivity index (χ4n) is 3.06. The Bertz CT molecular complexity index is 545. The van der Waals surface area contributed by atoms with Gasteiger partial charge in [-0.25, -0.2) is 9.78 Å². The van der Waals surface area contributed by atoms with Crippen molar-refractivity contribution in [2.75, 3.05) is 12.0 Å². The van der Waals surface area contributed by atoms with Crippen molar-refractivity contribution in [3.8, 4) is 0 Å². The summed E-state index contributed by atoms with van der Waals surface area (Å²) in [6.45, 7) is 0. The monoisotopic (exact) mass is 322 g/mol. The van der Waals surface area contributed by atoms with Crippen molar-refractivity contribution >= 4 is 28.3 Å². The van der Waals surface area contributed by atoms with Gasteiger partial charge >= 0.3 is 5.97 Å². The Hall–Kier alpha value is -1.43. The first kappa shape index (κ1) is 15.5. The van der Waals surface area contributed by atoms with Crippen molar-refractivity contribution in [3.63, 3.8) is 0 Å². The van der Waals surface area contributed by atoms with Gasteiger partial charge in [0.05, 0.1) is 13.3 Å². The summed E-state index contributed by atoms with van der Waals surface area (Å²) in [6.07, 6.45) is 10.3. The maximum Gasteiger partial charge on any atom is 0.349 e. The lowest BCUT2D eigenvalue weighted by Gasteiger charge is -2.24. The Morgan fingerprint density at radius 3 is 2.45 bits per heavy atom. The number of esters is 1. The van der Waals surface area contributed by atoms with E-state index in [1.54, 1.807) is 0 Å². The van der Waals surface area contributed by atoms with Crippen LogP contribution in [0.25, 0.3) is 0 Å². The summed E-state index contributed by atoms with van der Waals surface area (Å²) < 4.78 is 4.73. The van der Waals surface area contributed by atoms with Gasteiger partial charge in [0.1, 0.15) is 4.88 Å². The molecule has 0 N–H and O–H groups in total. The molecule has 2 saturated carbocycles. The predicted molar refractivity (Wildman–Crippen MR) is 85.2 cm³/mol. The molecular weight excluding hydrogens is 300 g/mol. The van der Waals surface area contributed by atoms with Gasteiger partial charge in [-0.3, -0.25) is 9.69 Å². The molecule has 2 aliphatic rings. The van der Waals surface area contributed by atoms with E-state index in [4.69, 9.17) is 4.74 Å². The van der Waals surface area contributed by atoms with E-state index < -0.39 is 0 Å². The van der Waals surface area contributed by atoms with Gasteiger partial charge in [-0.15, -0.1) is 0 Å². The highest BCUT2D eigenvalue weighted by Gasteiger charge is 2.38. The number of aromatic nitrogens is 1. The van der Waals surface area contributed by atoms with E-state index in [-0.39, 0.29) is 23.8 Å². The molecule has 0 aromatic carbocycles. The first-order valence-electron chi connectivity index (χ1n) is 8.08. The average Bonchev–Trinajstić information content (AvgIpc) is 3.29. The molecule has 0 aliphatic heterocycles. The summed E-state index contributed by atoms with van der Waals surface area (Å²) in [5, 5.41) is 0.650. The zero-order chi connectivity index (χ0) is 15.5. The van der Waals surface area contributed by atoms with E-state index in [1.165, 1.54) is 37.5 Å². The van der Waals surface area contributed by atoms with Gasteiger partial charge in [-0.1, -0.05) is 37.0 Å². The molecule has 2 aliphatic carbocycles. The molecule has 1 aromatic heterocycles. The molecule has 0 atom stereocenters. The van der Waals surface area contributed by atoms with Crippen LogP contribution in [-0.4, -0.2) is 30.0 Å². The minimum absolute atomic E-state index is 0.119. The zero-order valence-corrected chi connectivity index (χ0v) is 13.7. The number of methoxy groups -OCH3 is 1. The minimum Gasteiger partial charge on any atom is -0.465 e. The van der Waals surface area contributed by atoms with Gasteiger partial charge in [0.2, 0.25) is 5.91 Å². The molecule has 3 rings (SSSR count). The molecule has 1 amide bonds. The average molecular weight is 322 g/mol. The maximum absolute atomic E-state index is 13.0. The summed E-state index contributed by atoms with van der Waals surface area (Å²) in [4.78, 5) is 31.2. The molecule has 0 spiro atoms. The summed E-state index contributed by atoms with van der Waals surface area (Å²) in [5.41, 5.74) is 0. The van der Waals surface area contributed by atoms with Crippen LogP contribution >= 0.6 is 11.3 Å². The quantitative estimate of drug-likeness (QED) is 0.630. The summed E-state index contributed by atoms with van der Waals surface area (Å²) in [6, 6.07) is 0.271. The number of carbonyl (C=O) groups is 2. The Balaban J connectivity index is 1.78. The first-order chi connectivity index (χ1) is 10.7. The van der Waals surface area contributed by atoms with Crippen LogP contribution in [0.5, 0.6) is 0 Å². The number of nitrogens with zero attached hydrogens (tertiary/aromatic N) is 2. The van der Waals surface area contributed by atoms with Gasteiger partial charge in [-0.05, 0) is 25.7 Å². The molecule has 1 heterocycles. The van der Waals surface area contributed by atoms with E-state index in [0.29, 0.717) is 10.0 Å². The van der Waals surface area contributed by atoms with Crippen molar-refractivity contribution in [1.29, 1.82) is 0 Å². The van der Waals surface area contributed by atoms with Crippen molar-refractivity contribution in [2.45, 2.75) is 57.4 Å². The number of hydrogen-bond donors (Lipinski definition) is 0. The fourth-order valence-corrected chi connectivity index (χ4v) is 3.97. The van der Waals surface area contributed by atoms with Crippen LogP contribution in [-0.2, 0) is 9.53 Å². The van der Waals surface area contributed by atoms with Gasteiger partial charge in [0, 0.05) is 12.0 Å². The van der Waals surface area contributed by atoms with Crippen molar-refractivity contribution in [3.05, 3.63) is 11.1 Å². The molecule has 1 aromatic rings. The van der Waals surface area contributed by atoms with Crippen molar-refractivity contribution < 1.29 is 14.3 Å². The number of carbonyl (C=O) groups excluding carboxylic acids is 2. The molecule has 0 saturated heterocycles. The zero-order valence-electron chi connectivity index (χ0n) is 12.9. The normalized spacial score (nSPS) is 19.5. The van der Waals surface area contributed by atoms with Gasteiger partial charge in [0.25, 0.3) is 0 Å². The number of ether oxygens (including phenoxy) is 1. The molecule has 0 radical (unpaired) electrons. The summed E-state index contributed by atoms with van der Waals surface area (Å²) in [5.74, 6) is -0.0647. The highest BCUT2D eigenvalue weighted by Crippen LogP contribution is 2.37.